The van der Waals surface area contributed by atoms with Crippen LogP contribution in [0.25, 0.3) is 0 Å². The average Bonchev–Trinajstić information content (AvgIpc) is 2.67. The topological polar surface area (TPSA) is 51.2 Å². The van der Waals surface area contributed by atoms with Gasteiger partial charge in [-0.25, -0.2) is 9.78 Å². The summed E-state index contributed by atoms with van der Waals surface area (Å²) in [6.45, 7) is 0. The summed E-state index contributed by atoms with van der Waals surface area (Å²) in [6, 6.07) is 0. The van der Waals surface area contributed by atoms with Crippen LogP contribution in [0.5, 0.6) is 0 Å². The lowest BCUT2D eigenvalue weighted by Gasteiger charge is -2.38. The Morgan fingerprint density at radius 1 is 1.40 bits per heavy atom. The van der Waals surface area contributed by atoms with Gasteiger partial charge in [0.1, 0.15) is 10.7 Å². The van der Waals surface area contributed by atoms with E-state index in [4.69, 9.17) is 4.74 Å². The van der Waals surface area contributed by atoms with E-state index in [0.29, 0.717) is 0 Å². The molecule has 2 heterocycles. The number of ether oxygens (including phenoxy) is 1. The molecule has 80 valence electrons. The van der Waals surface area contributed by atoms with Crippen LogP contribution < -0.4 is 5.32 Å². The highest BCUT2D eigenvalue weighted by Gasteiger charge is 2.44. The molecule has 0 unspecified atom stereocenters. The van der Waals surface area contributed by atoms with Gasteiger partial charge in [0.05, 0.1) is 5.51 Å². The number of nitrogens with one attached hydrogen (secondary N) is 1. The molecule has 1 saturated carbocycles. The van der Waals surface area contributed by atoms with E-state index >= 15 is 0 Å². The van der Waals surface area contributed by atoms with E-state index < -0.39 is 5.60 Å². The molecule has 1 amide bonds. The van der Waals surface area contributed by atoms with Crippen molar-refractivity contribution in [1.29, 1.82) is 0 Å². The monoisotopic (exact) mass is 224 g/mol. The third-order valence-corrected chi connectivity index (χ3v) is 3.91. The van der Waals surface area contributed by atoms with Gasteiger partial charge in [0.25, 0.3) is 0 Å². The van der Waals surface area contributed by atoms with Crippen LogP contribution in [-0.4, -0.2) is 11.1 Å². The number of carbonyl (C=O) groups is 1. The van der Waals surface area contributed by atoms with Gasteiger partial charge in [-0.15, -0.1) is 11.3 Å². The predicted molar refractivity (Wildman–Crippen MR) is 57.0 cm³/mol. The summed E-state index contributed by atoms with van der Waals surface area (Å²) in [6.07, 6.45) is 4.96. The molecular weight excluding hydrogens is 212 g/mol. The maximum Gasteiger partial charge on any atom is 0.413 e. The highest BCUT2D eigenvalue weighted by atomic mass is 32.1. The summed E-state index contributed by atoms with van der Waals surface area (Å²) >= 11 is 1.47. The molecule has 3 rings (SSSR count). The second kappa shape index (κ2) is 3.20. The third kappa shape index (κ3) is 1.33. The Bertz CT molecular complexity index is 396. The average molecular weight is 224 g/mol. The summed E-state index contributed by atoms with van der Waals surface area (Å²) in [4.78, 5) is 15.8. The maximum absolute atomic E-state index is 11.4. The molecule has 4 nitrogen and oxygen atoms in total. The fraction of sp³-hybridized carbons (Fsp3) is 0.600. The molecule has 1 aromatic rings. The van der Waals surface area contributed by atoms with E-state index in [0.717, 1.165) is 36.4 Å². The maximum atomic E-state index is 11.4. The number of aromatic nitrogens is 1. The highest BCUT2D eigenvalue weighted by molar-refractivity contribution is 7.14. The lowest BCUT2D eigenvalue weighted by Crippen LogP contribution is -2.40. The Balaban J connectivity index is 2.05. The molecule has 5 heteroatoms. The van der Waals surface area contributed by atoms with Gasteiger partial charge < -0.3 is 4.74 Å². The second-order valence-corrected chi connectivity index (χ2v) is 4.95. The molecule has 0 bridgehead atoms. The van der Waals surface area contributed by atoms with E-state index in [1.165, 1.54) is 17.8 Å². The number of anilines is 1. The largest absolute Gasteiger partial charge is 0.436 e. The molecule has 1 spiro atoms. The number of thiazole rings is 1. The zero-order valence-electron chi connectivity index (χ0n) is 8.28. The van der Waals surface area contributed by atoms with E-state index in [9.17, 15) is 4.79 Å². The Morgan fingerprint density at radius 2 is 2.20 bits per heavy atom. The molecule has 1 aromatic heterocycles. The number of hydrogen-bond acceptors (Lipinski definition) is 4. The molecule has 0 saturated heterocycles. The number of rotatable bonds is 0. The van der Waals surface area contributed by atoms with Gasteiger partial charge in [-0.05, 0) is 25.7 Å². The van der Waals surface area contributed by atoms with Gasteiger partial charge in [-0.3, -0.25) is 5.32 Å². The number of nitrogens with zero attached hydrogens (tertiary/aromatic N) is 1. The molecule has 1 aliphatic heterocycles. The van der Waals surface area contributed by atoms with Gasteiger partial charge in [-0.2, -0.15) is 0 Å². The smallest absolute Gasteiger partial charge is 0.413 e. The number of carbonyl (C=O) groups excluding carboxylic acids is 1. The van der Waals surface area contributed by atoms with Crippen molar-refractivity contribution in [2.75, 3.05) is 5.32 Å². The summed E-state index contributed by atoms with van der Waals surface area (Å²) in [5.41, 5.74) is 2.29. The van der Waals surface area contributed by atoms with E-state index in [-0.39, 0.29) is 6.09 Å². The van der Waals surface area contributed by atoms with Crippen LogP contribution in [0.15, 0.2) is 5.51 Å². The Morgan fingerprint density at radius 3 is 3.00 bits per heavy atom. The van der Waals surface area contributed by atoms with Crippen molar-refractivity contribution < 1.29 is 9.53 Å². The minimum absolute atomic E-state index is 0.325. The predicted octanol–water partition coefficient (Wildman–Crippen LogP) is 2.86. The molecule has 0 atom stereocenters. The molecule has 1 fully saturated rings. The van der Waals surface area contributed by atoms with Gasteiger partial charge in [0, 0.05) is 0 Å². The lowest BCUT2D eigenvalue weighted by atomic mass is 9.82. The van der Waals surface area contributed by atoms with Crippen molar-refractivity contribution in [1.82, 2.24) is 4.98 Å². The van der Waals surface area contributed by atoms with Crippen molar-refractivity contribution in [3.63, 3.8) is 0 Å². The lowest BCUT2D eigenvalue weighted by molar-refractivity contribution is -0.0207. The van der Waals surface area contributed by atoms with Crippen LogP contribution in [0.2, 0.25) is 0 Å². The van der Waals surface area contributed by atoms with Crippen LogP contribution in [0, 0.1) is 0 Å². The number of amides is 1. The van der Waals surface area contributed by atoms with Crippen molar-refractivity contribution in [2.24, 2.45) is 0 Å². The van der Waals surface area contributed by atoms with Crippen LogP contribution in [0.1, 0.15) is 37.8 Å². The molecule has 1 N–H and O–H groups in total. The summed E-state index contributed by atoms with van der Waals surface area (Å²) in [7, 11) is 0. The SMILES string of the molecule is O=C1Nc2scnc2C2(CCCCC2)O1. The first kappa shape index (κ1) is 9.15. The minimum atomic E-state index is -0.421. The molecule has 0 aromatic carbocycles. The van der Waals surface area contributed by atoms with E-state index in [2.05, 4.69) is 10.3 Å². The standard InChI is InChI=1S/C10H12N2O2S/c13-9-12-8-7(11-6-15-8)10(14-9)4-2-1-3-5-10/h6H,1-5H2,(H,12,13). The Labute approximate surface area is 91.7 Å². The van der Waals surface area contributed by atoms with Gasteiger partial charge in [0.15, 0.2) is 5.60 Å². The van der Waals surface area contributed by atoms with Gasteiger partial charge in [-0.1, -0.05) is 6.42 Å². The quantitative estimate of drug-likeness (QED) is 0.737. The molecule has 0 radical (unpaired) electrons. The first-order valence-electron chi connectivity index (χ1n) is 5.24. The molecule has 1 aliphatic carbocycles. The molecule has 15 heavy (non-hydrogen) atoms. The Kier molecular flexibility index (Phi) is 1.95. The van der Waals surface area contributed by atoms with Crippen molar-refractivity contribution in [3.05, 3.63) is 11.2 Å². The molecule has 2 aliphatic rings. The first-order chi connectivity index (χ1) is 7.30. The normalized spacial score (nSPS) is 23.1. The van der Waals surface area contributed by atoms with Crippen LogP contribution >= 0.6 is 11.3 Å². The third-order valence-electron chi connectivity index (χ3n) is 3.16. The fourth-order valence-corrected chi connectivity index (χ4v) is 3.22. The molecular formula is C10H12N2O2S. The summed E-state index contributed by atoms with van der Waals surface area (Å²) in [5, 5.41) is 3.57. The number of hydrogen-bond donors (Lipinski definition) is 1. The van der Waals surface area contributed by atoms with Crippen molar-refractivity contribution >= 4 is 22.4 Å². The zero-order chi connectivity index (χ0) is 10.3. The zero-order valence-corrected chi connectivity index (χ0v) is 9.10. The van der Waals surface area contributed by atoms with Gasteiger partial charge >= 0.3 is 6.09 Å². The van der Waals surface area contributed by atoms with E-state index in [1.54, 1.807) is 5.51 Å². The first-order valence-corrected chi connectivity index (χ1v) is 6.12. The van der Waals surface area contributed by atoms with Crippen molar-refractivity contribution in [2.45, 2.75) is 37.7 Å². The van der Waals surface area contributed by atoms with Crippen LogP contribution in [-0.2, 0) is 10.3 Å². The summed E-state index contributed by atoms with van der Waals surface area (Å²) < 4.78 is 5.49. The van der Waals surface area contributed by atoms with Crippen molar-refractivity contribution in [3.8, 4) is 0 Å². The van der Waals surface area contributed by atoms with Gasteiger partial charge in [0.2, 0.25) is 0 Å². The number of fused-ring (bicyclic) bond motifs is 2. The van der Waals surface area contributed by atoms with E-state index in [1.807, 2.05) is 0 Å². The van der Waals surface area contributed by atoms with Crippen LogP contribution in [0.4, 0.5) is 9.80 Å². The Hall–Kier alpha value is -1.10. The minimum Gasteiger partial charge on any atom is -0.436 e. The summed E-state index contributed by atoms with van der Waals surface area (Å²) in [5.74, 6) is 0. The highest BCUT2D eigenvalue weighted by Crippen LogP contribution is 2.46. The fourth-order valence-electron chi connectivity index (χ4n) is 2.47. The second-order valence-electron chi connectivity index (χ2n) is 4.10. The van der Waals surface area contributed by atoms with Crippen LogP contribution in [0.3, 0.4) is 0 Å².